The highest BCUT2D eigenvalue weighted by Gasteiger charge is 2.41. The second-order valence-electron chi connectivity index (χ2n) is 7.33. The van der Waals surface area contributed by atoms with Gasteiger partial charge < -0.3 is 15.6 Å². The fourth-order valence-electron chi connectivity index (χ4n) is 4.51. The number of nitrogens with one attached hydrogen (secondary N) is 3. The van der Waals surface area contributed by atoms with E-state index >= 15 is 0 Å². The molecule has 0 bridgehead atoms. The summed E-state index contributed by atoms with van der Waals surface area (Å²) in [6.45, 7) is 0.607. The summed E-state index contributed by atoms with van der Waals surface area (Å²) in [5.74, 6) is 0.216. The summed E-state index contributed by atoms with van der Waals surface area (Å²) < 4.78 is 0. The molecule has 132 valence electrons. The summed E-state index contributed by atoms with van der Waals surface area (Å²) in [6, 6.07) is 8.39. The predicted molar refractivity (Wildman–Crippen MR) is 97.0 cm³/mol. The molecule has 2 amide bonds. The van der Waals surface area contributed by atoms with Gasteiger partial charge in [-0.05, 0) is 36.8 Å². The molecule has 2 heterocycles. The van der Waals surface area contributed by atoms with Crippen LogP contribution in [0.4, 0.5) is 0 Å². The summed E-state index contributed by atoms with van der Waals surface area (Å²) in [5, 5.41) is 7.36. The molecule has 2 aromatic rings. The van der Waals surface area contributed by atoms with Crippen LogP contribution in [0.2, 0.25) is 0 Å². The van der Waals surface area contributed by atoms with Gasteiger partial charge >= 0.3 is 0 Å². The molecular weight excluding hydrogens is 314 g/mol. The Morgan fingerprint density at radius 2 is 2.04 bits per heavy atom. The molecule has 3 unspecified atom stereocenters. The van der Waals surface area contributed by atoms with Crippen LogP contribution in [0, 0.1) is 11.8 Å². The number of benzene rings is 1. The summed E-state index contributed by atoms with van der Waals surface area (Å²) >= 11 is 0. The van der Waals surface area contributed by atoms with Gasteiger partial charge in [0.2, 0.25) is 11.8 Å². The van der Waals surface area contributed by atoms with E-state index in [2.05, 4.69) is 27.8 Å². The molecule has 4 rings (SSSR count). The molecule has 1 aliphatic heterocycles. The Morgan fingerprint density at radius 1 is 1.20 bits per heavy atom. The maximum absolute atomic E-state index is 12.7. The second kappa shape index (κ2) is 6.90. The number of carbonyl (C=O) groups is 2. The molecule has 2 aliphatic rings. The van der Waals surface area contributed by atoms with Gasteiger partial charge in [-0.1, -0.05) is 31.0 Å². The monoisotopic (exact) mass is 339 g/mol. The Hall–Kier alpha value is -2.30. The number of piperidine rings is 1. The number of aromatic amines is 1. The quantitative estimate of drug-likeness (QED) is 0.801. The number of hydrogen-bond donors (Lipinski definition) is 3. The minimum Gasteiger partial charge on any atom is -0.361 e. The molecule has 1 saturated heterocycles. The SMILES string of the molecule is O=C1CC(C(=O)NCCc2c[nH]c3ccccc23)C2CCCCC2N1. The van der Waals surface area contributed by atoms with Gasteiger partial charge in [-0.25, -0.2) is 0 Å². The Kier molecular flexibility index (Phi) is 4.47. The zero-order valence-electron chi connectivity index (χ0n) is 14.4. The number of aromatic nitrogens is 1. The third-order valence-electron chi connectivity index (χ3n) is 5.79. The van der Waals surface area contributed by atoms with Gasteiger partial charge in [-0.2, -0.15) is 0 Å². The van der Waals surface area contributed by atoms with Gasteiger partial charge in [0, 0.05) is 36.1 Å². The first-order valence-electron chi connectivity index (χ1n) is 9.34. The van der Waals surface area contributed by atoms with Crippen LogP contribution in [0.15, 0.2) is 30.5 Å². The molecule has 5 nitrogen and oxygen atoms in total. The number of para-hydroxylation sites is 1. The van der Waals surface area contributed by atoms with Crippen molar-refractivity contribution in [2.75, 3.05) is 6.54 Å². The van der Waals surface area contributed by atoms with E-state index < -0.39 is 0 Å². The fourth-order valence-corrected chi connectivity index (χ4v) is 4.51. The van der Waals surface area contributed by atoms with Crippen molar-refractivity contribution >= 4 is 22.7 Å². The average Bonchev–Trinajstić information content (AvgIpc) is 3.04. The van der Waals surface area contributed by atoms with Crippen molar-refractivity contribution in [1.82, 2.24) is 15.6 Å². The number of amides is 2. The summed E-state index contributed by atoms with van der Waals surface area (Å²) in [7, 11) is 0. The van der Waals surface area contributed by atoms with Crippen LogP contribution in [-0.4, -0.2) is 29.4 Å². The van der Waals surface area contributed by atoms with Crippen molar-refractivity contribution in [2.24, 2.45) is 11.8 Å². The lowest BCUT2D eigenvalue weighted by atomic mass is 9.72. The maximum Gasteiger partial charge on any atom is 0.224 e. The van der Waals surface area contributed by atoms with E-state index in [1.165, 1.54) is 10.9 Å². The Labute approximate surface area is 147 Å². The third kappa shape index (κ3) is 3.28. The van der Waals surface area contributed by atoms with Crippen LogP contribution in [0.1, 0.15) is 37.7 Å². The van der Waals surface area contributed by atoms with E-state index in [4.69, 9.17) is 0 Å². The zero-order valence-corrected chi connectivity index (χ0v) is 14.4. The first kappa shape index (κ1) is 16.2. The zero-order chi connectivity index (χ0) is 17.2. The number of rotatable bonds is 4. The van der Waals surface area contributed by atoms with Crippen LogP contribution < -0.4 is 10.6 Å². The fraction of sp³-hybridized carbons (Fsp3) is 0.500. The van der Waals surface area contributed by atoms with E-state index in [0.717, 1.165) is 37.6 Å². The standard InChI is InChI=1S/C20H25N3O2/c24-19-11-16(15-6-2-4-8-18(15)23-19)20(25)21-10-9-13-12-22-17-7-3-1-5-14(13)17/h1,3,5,7,12,15-16,18,22H,2,4,6,8-11H2,(H,21,25)(H,23,24). The maximum atomic E-state index is 12.7. The molecule has 0 radical (unpaired) electrons. The normalized spacial score (nSPS) is 26.1. The van der Waals surface area contributed by atoms with Gasteiger partial charge in [0.15, 0.2) is 0 Å². The van der Waals surface area contributed by atoms with Gasteiger partial charge in [0.25, 0.3) is 0 Å². The molecule has 1 aromatic carbocycles. The smallest absolute Gasteiger partial charge is 0.224 e. The summed E-state index contributed by atoms with van der Waals surface area (Å²) in [6.07, 6.45) is 7.51. The highest BCUT2D eigenvalue weighted by atomic mass is 16.2. The first-order valence-corrected chi connectivity index (χ1v) is 9.34. The predicted octanol–water partition coefficient (Wildman–Crippen LogP) is 2.52. The van der Waals surface area contributed by atoms with Crippen LogP contribution >= 0.6 is 0 Å². The van der Waals surface area contributed by atoms with Crippen LogP contribution in [-0.2, 0) is 16.0 Å². The molecule has 3 atom stereocenters. The molecular formula is C20H25N3O2. The van der Waals surface area contributed by atoms with Crippen molar-refractivity contribution in [1.29, 1.82) is 0 Å². The number of fused-ring (bicyclic) bond motifs is 2. The van der Waals surface area contributed by atoms with Gasteiger partial charge in [-0.3, -0.25) is 9.59 Å². The molecule has 1 saturated carbocycles. The van der Waals surface area contributed by atoms with Crippen LogP contribution in [0.25, 0.3) is 10.9 Å². The minimum absolute atomic E-state index is 0.0277. The first-order chi connectivity index (χ1) is 12.2. The minimum atomic E-state index is -0.165. The Balaban J connectivity index is 1.37. The van der Waals surface area contributed by atoms with E-state index in [1.54, 1.807) is 0 Å². The molecule has 3 N–H and O–H groups in total. The van der Waals surface area contributed by atoms with E-state index in [0.29, 0.717) is 18.9 Å². The topological polar surface area (TPSA) is 74.0 Å². The molecule has 5 heteroatoms. The Morgan fingerprint density at radius 3 is 2.96 bits per heavy atom. The number of carbonyl (C=O) groups excluding carboxylic acids is 2. The molecule has 0 spiro atoms. The molecule has 1 aliphatic carbocycles. The van der Waals surface area contributed by atoms with Crippen molar-refractivity contribution < 1.29 is 9.59 Å². The van der Waals surface area contributed by atoms with Gasteiger partial charge in [0.1, 0.15) is 0 Å². The van der Waals surface area contributed by atoms with E-state index in [1.807, 2.05) is 18.3 Å². The van der Waals surface area contributed by atoms with Crippen molar-refractivity contribution in [2.45, 2.75) is 44.6 Å². The van der Waals surface area contributed by atoms with Crippen LogP contribution in [0.3, 0.4) is 0 Å². The highest BCUT2D eigenvalue weighted by Crippen LogP contribution is 2.35. The van der Waals surface area contributed by atoms with Crippen molar-refractivity contribution in [3.05, 3.63) is 36.0 Å². The lowest BCUT2D eigenvalue weighted by Crippen LogP contribution is -2.54. The molecule has 2 fully saturated rings. The van der Waals surface area contributed by atoms with Crippen molar-refractivity contribution in [3.63, 3.8) is 0 Å². The summed E-state index contributed by atoms with van der Waals surface area (Å²) in [4.78, 5) is 27.9. The van der Waals surface area contributed by atoms with Gasteiger partial charge in [-0.15, -0.1) is 0 Å². The molecule has 1 aromatic heterocycles. The molecule has 25 heavy (non-hydrogen) atoms. The van der Waals surface area contributed by atoms with Crippen molar-refractivity contribution in [3.8, 4) is 0 Å². The van der Waals surface area contributed by atoms with E-state index in [-0.39, 0.29) is 23.8 Å². The second-order valence-corrected chi connectivity index (χ2v) is 7.33. The van der Waals surface area contributed by atoms with Crippen LogP contribution in [0.5, 0.6) is 0 Å². The van der Waals surface area contributed by atoms with E-state index in [9.17, 15) is 9.59 Å². The van der Waals surface area contributed by atoms with Gasteiger partial charge in [0.05, 0.1) is 5.92 Å². The third-order valence-corrected chi connectivity index (χ3v) is 5.79. The number of hydrogen-bond acceptors (Lipinski definition) is 2. The average molecular weight is 339 g/mol. The Bertz CT molecular complexity index is 782. The lowest BCUT2D eigenvalue weighted by Gasteiger charge is -2.40. The highest BCUT2D eigenvalue weighted by molar-refractivity contribution is 5.88. The largest absolute Gasteiger partial charge is 0.361 e. The summed E-state index contributed by atoms with van der Waals surface area (Å²) in [5.41, 5.74) is 2.34. The lowest BCUT2D eigenvalue weighted by molar-refractivity contribution is -0.137. The number of H-pyrrole nitrogens is 1.